The molecule has 0 aliphatic rings. The van der Waals surface area contributed by atoms with Crippen LogP contribution in [-0.2, 0) is 6.42 Å². The second kappa shape index (κ2) is 9.12. The van der Waals surface area contributed by atoms with Gasteiger partial charge in [0.2, 0.25) is 0 Å². The zero-order chi connectivity index (χ0) is 17.8. The molecule has 8 heteroatoms. The van der Waals surface area contributed by atoms with E-state index in [0.717, 1.165) is 36.4 Å². The van der Waals surface area contributed by atoms with Crippen LogP contribution < -0.4 is 4.74 Å². The number of rotatable bonds is 7. The maximum atomic E-state index is 5.97. The summed E-state index contributed by atoms with van der Waals surface area (Å²) in [5, 5.41) is 7.22. The third-order valence-electron chi connectivity index (χ3n) is 4.30. The maximum Gasteiger partial charge on any atom is 0.299 e. The molecule has 2 aromatic heterocycles. The Morgan fingerprint density at radius 3 is 2.73 bits per heavy atom. The summed E-state index contributed by atoms with van der Waals surface area (Å²) in [6.07, 6.45) is 4.51. The van der Waals surface area contributed by atoms with E-state index in [2.05, 4.69) is 64.4 Å². The molecule has 1 aromatic carbocycles. The second-order valence-electron chi connectivity index (χ2n) is 6.16. The lowest BCUT2D eigenvalue weighted by molar-refractivity contribution is 0.357. The van der Waals surface area contributed by atoms with E-state index < -0.39 is 0 Å². The van der Waals surface area contributed by atoms with Crippen molar-refractivity contribution in [2.24, 2.45) is 0 Å². The van der Waals surface area contributed by atoms with Gasteiger partial charge >= 0.3 is 0 Å². The fourth-order valence-corrected chi connectivity index (χ4v) is 3.10. The molecule has 0 radical (unpaired) electrons. The Bertz CT molecular complexity index is 834. The zero-order valence-electron chi connectivity index (χ0n) is 15.4. The maximum absolute atomic E-state index is 5.97. The number of ether oxygens (including phenoxy) is 1. The number of H-pyrrole nitrogens is 1. The Balaban J connectivity index is 0.00000243. The van der Waals surface area contributed by atoms with Crippen molar-refractivity contribution in [3.63, 3.8) is 0 Å². The Morgan fingerprint density at radius 1 is 1.23 bits per heavy atom. The molecule has 3 aromatic rings. The van der Waals surface area contributed by atoms with Gasteiger partial charge in [-0.1, -0.05) is 13.0 Å². The Kier molecular flexibility index (Phi) is 7.14. The van der Waals surface area contributed by atoms with Crippen LogP contribution in [0.5, 0.6) is 10.9 Å². The van der Waals surface area contributed by atoms with Gasteiger partial charge in [0.05, 0.1) is 11.8 Å². The van der Waals surface area contributed by atoms with E-state index in [0.29, 0.717) is 11.0 Å². The van der Waals surface area contributed by atoms with Crippen molar-refractivity contribution < 1.29 is 4.74 Å². The summed E-state index contributed by atoms with van der Waals surface area (Å²) in [7, 11) is 2.15. The summed E-state index contributed by atoms with van der Waals surface area (Å²) >= 11 is 1.25. The molecule has 0 unspecified atom stereocenters. The predicted molar refractivity (Wildman–Crippen MR) is 108 cm³/mol. The monoisotopic (exact) mass is 393 g/mol. The summed E-state index contributed by atoms with van der Waals surface area (Å²) in [6.45, 7) is 8.50. The first-order valence-electron chi connectivity index (χ1n) is 8.36. The summed E-state index contributed by atoms with van der Waals surface area (Å²) in [6, 6.07) is 4.31. The second-order valence-corrected chi connectivity index (χ2v) is 6.88. The van der Waals surface area contributed by atoms with Gasteiger partial charge in [-0.2, -0.15) is 14.5 Å². The average molecular weight is 394 g/mol. The molecule has 140 valence electrons. The number of hydrogen-bond donors (Lipinski definition) is 1. The molecule has 0 saturated carbocycles. The van der Waals surface area contributed by atoms with Crippen LogP contribution in [0.2, 0.25) is 0 Å². The van der Waals surface area contributed by atoms with Crippen LogP contribution in [0, 0.1) is 13.8 Å². The number of nitrogens with zero attached hydrogens (tertiary/aromatic N) is 4. The number of aromatic nitrogens is 4. The van der Waals surface area contributed by atoms with Crippen LogP contribution in [0.4, 0.5) is 0 Å². The fraction of sp³-hybridized carbons (Fsp3) is 0.389. The Hall–Kier alpha value is -1.96. The Labute approximate surface area is 164 Å². The molecule has 0 fully saturated rings. The highest BCUT2D eigenvalue weighted by atomic mass is 35.5. The van der Waals surface area contributed by atoms with Gasteiger partial charge in [0.15, 0.2) is 5.82 Å². The molecule has 0 amide bonds. The number of benzene rings is 1. The third-order valence-corrected chi connectivity index (χ3v) is 4.89. The van der Waals surface area contributed by atoms with Crippen LogP contribution in [0.3, 0.4) is 0 Å². The molecule has 0 bridgehead atoms. The quantitative estimate of drug-likeness (QED) is 0.649. The number of aryl methyl sites for hydroxylation is 2. The van der Waals surface area contributed by atoms with Gasteiger partial charge in [-0.3, -0.25) is 5.10 Å². The highest BCUT2D eigenvalue weighted by Gasteiger charge is 2.12. The smallest absolute Gasteiger partial charge is 0.299 e. The molecule has 6 nitrogen and oxygen atoms in total. The third kappa shape index (κ3) is 4.81. The number of aromatic amines is 1. The first kappa shape index (κ1) is 20.4. The lowest BCUT2D eigenvalue weighted by Gasteiger charge is -2.16. The van der Waals surface area contributed by atoms with Gasteiger partial charge in [-0.05, 0) is 56.6 Å². The van der Waals surface area contributed by atoms with Crippen LogP contribution >= 0.6 is 23.9 Å². The first-order valence-corrected chi connectivity index (χ1v) is 9.13. The normalized spacial score (nSPS) is 10.8. The molecule has 3 rings (SSSR count). The van der Waals surface area contributed by atoms with Crippen molar-refractivity contribution in [3.8, 4) is 22.3 Å². The zero-order valence-corrected chi connectivity index (χ0v) is 17.1. The van der Waals surface area contributed by atoms with Gasteiger partial charge in [0.25, 0.3) is 5.19 Å². The molecule has 0 atom stereocenters. The number of likely N-dealkylation sites (N-methyl/N-ethyl adjacent to an activating group) is 1. The molecule has 1 N–H and O–H groups in total. The predicted octanol–water partition coefficient (Wildman–Crippen LogP) is 4.25. The molecule has 0 saturated heterocycles. The summed E-state index contributed by atoms with van der Waals surface area (Å²) < 4.78 is 10.3. The molecule has 2 heterocycles. The van der Waals surface area contributed by atoms with Gasteiger partial charge in [-0.15, -0.1) is 12.4 Å². The van der Waals surface area contributed by atoms with E-state index in [1.807, 2.05) is 0 Å². The first-order chi connectivity index (χ1) is 12.1. The summed E-state index contributed by atoms with van der Waals surface area (Å²) in [4.78, 5) is 6.75. The SMILES string of the molecule is CCN(C)CCc1cc(C)c(Oc2nc(-c3cn[nH]c3)ns2)cc1C.Cl. The van der Waals surface area contributed by atoms with Crippen molar-refractivity contribution in [2.75, 3.05) is 20.1 Å². The Morgan fingerprint density at radius 2 is 2.04 bits per heavy atom. The average Bonchev–Trinajstić information content (AvgIpc) is 3.27. The van der Waals surface area contributed by atoms with Gasteiger partial charge in [0.1, 0.15) is 5.75 Å². The summed E-state index contributed by atoms with van der Waals surface area (Å²) in [5.74, 6) is 1.46. The highest BCUT2D eigenvalue weighted by molar-refractivity contribution is 7.07. The summed E-state index contributed by atoms with van der Waals surface area (Å²) in [5.41, 5.74) is 4.57. The van der Waals surface area contributed by atoms with Gasteiger partial charge in [-0.25, -0.2) is 0 Å². The van der Waals surface area contributed by atoms with E-state index in [-0.39, 0.29) is 12.4 Å². The number of hydrogen-bond acceptors (Lipinski definition) is 6. The topological polar surface area (TPSA) is 66.9 Å². The van der Waals surface area contributed by atoms with E-state index in [1.54, 1.807) is 12.4 Å². The van der Waals surface area contributed by atoms with E-state index in [4.69, 9.17) is 4.74 Å². The highest BCUT2D eigenvalue weighted by Crippen LogP contribution is 2.30. The van der Waals surface area contributed by atoms with Crippen molar-refractivity contribution in [1.82, 2.24) is 24.5 Å². The van der Waals surface area contributed by atoms with Gasteiger partial charge < -0.3 is 9.64 Å². The molecular weight excluding hydrogens is 370 g/mol. The van der Waals surface area contributed by atoms with Crippen molar-refractivity contribution >= 4 is 23.9 Å². The molecule has 0 spiro atoms. The van der Waals surface area contributed by atoms with Crippen LogP contribution in [0.25, 0.3) is 11.4 Å². The molecule has 0 aliphatic heterocycles. The van der Waals surface area contributed by atoms with Crippen molar-refractivity contribution in [3.05, 3.63) is 41.2 Å². The largest absolute Gasteiger partial charge is 0.430 e. The minimum absolute atomic E-state index is 0. The van der Waals surface area contributed by atoms with Gasteiger partial charge in [0, 0.05) is 24.3 Å². The lowest BCUT2D eigenvalue weighted by atomic mass is 10.0. The molecular formula is C18H24ClN5OS. The van der Waals surface area contributed by atoms with E-state index in [9.17, 15) is 0 Å². The van der Waals surface area contributed by atoms with E-state index >= 15 is 0 Å². The van der Waals surface area contributed by atoms with Crippen molar-refractivity contribution in [1.29, 1.82) is 0 Å². The minimum atomic E-state index is 0. The minimum Gasteiger partial charge on any atom is -0.430 e. The fourth-order valence-electron chi connectivity index (χ4n) is 2.53. The number of halogens is 1. The van der Waals surface area contributed by atoms with Crippen LogP contribution in [0.15, 0.2) is 24.5 Å². The standard InChI is InChI=1S/C18H23N5OS.ClH/c1-5-23(4)7-6-14-8-13(3)16(9-12(14)2)24-18-21-17(22-25-18)15-10-19-20-11-15;/h8-11H,5-7H2,1-4H3,(H,19,20);1H. The molecule has 26 heavy (non-hydrogen) atoms. The van der Waals surface area contributed by atoms with Crippen LogP contribution in [-0.4, -0.2) is 44.6 Å². The van der Waals surface area contributed by atoms with Crippen LogP contribution in [0.1, 0.15) is 23.6 Å². The van der Waals surface area contributed by atoms with E-state index in [1.165, 1.54) is 22.7 Å². The van der Waals surface area contributed by atoms with Crippen molar-refractivity contribution in [2.45, 2.75) is 27.2 Å². The number of nitrogens with one attached hydrogen (secondary N) is 1. The lowest BCUT2D eigenvalue weighted by Crippen LogP contribution is -2.20. The molecule has 0 aliphatic carbocycles.